The van der Waals surface area contributed by atoms with Crippen molar-refractivity contribution in [2.45, 2.75) is 26.4 Å². The number of hydrogen-bond acceptors (Lipinski definition) is 4. The molecule has 0 spiro atoms. The summed E-state index contributed by atoms with van der Waals surface area (Å²) in [4.78, 5) is 34.9. The largest absolute Gasteiger partial charge is 0.475 e. The number of carboxylic acids is 1. The second-order valence-electron chi connectivity index (χ2n) is 4.30. The fourth-order valence-electron chi connectivity index (χ4n) is 1.93. The lowest BCUT2D eigenvalue weighted by atomic mass is 10.2. The van der Waals surface area contributed by atoms with E-state index in [9.17, 15) is 14.4 Å². The summed E-state index contributed by atoms with van der Waals surface area (Å²) in [5, 5.41) is 8.95. The normalized spacial score (nSPS) is 10.7. The van der Waals surface area contributed by atoms with Crippen LogP contribution in [0.2, 0.25) is 0 Å². The predicted molar refractivity (Wildman–Crippen MR) is 70.0 cm³/mol. The summed E-state index contributed by atoms with van der Waals surface area (Å²) in [6.07, 6.45) is 3.42. The van der Waals surface area contributed by atoms with Crippen LogP contribution >= 0.6 is 0 Å². The van der Waals surface area contributed by atoms with Crippen molar-refractivity contribution in [3.8, 4) is 0 Å². The number of aromatic carboxylic acids is 1. The van der Waals surface area contributed by atoms with Gasteiger partial charge in [-0.3, -0.25) is 9.36 Å². The monoisotopic (exact) mass is 278 g/mol. The van der Waals surface area contributed by atoms with Crippen LogP contribution in [-0.4, -0.2) is 20.2 Å². The second-order valence-corrected chi connectivity index (χ2v) is 4.30. The standard InChI is InChI=1S/C13H14N2O5/c1-2-5-14-6-3-10(16)15(13(14)19)8-9-4-7-20-11(9)12(17)18/h3-4,6-7H,2,5,8H2,1H3,(H,17,18). The molecule has 0 atom stereocenters. The highest BCUT2D eigenvalue weighted by molar-refractivity contribution is 5.86. The van der Waals surface area contributed by atoms with E-state index in [1.807, 2.05) is 6.92 Å². The van der Waals surface area contributed by atoms with Gasteiger partial charge in [0.05, 0.1) is 12.8 Å². The van der Waals surface area contributed by atoms with Crippen molar-refractivity contribution in [1.82, 2.24) is 9.13 Å². The van der Waals surface area contributed by atoms with Gasteiger partial charge < -0.3 is 14.1 Å². The van der Waals surface area contributed by atoms with E-state index in [2.05, 4.69) is 0 Å². The van der Waals surface area contributed by atoms with Gasteiger partial charge in [-0.2, -0.15) is 0 Å². The Morgan fingerprint density at radius 1 is 1.35 bits per heavy atom. The van der Waals surface area contributed by atoms with Crippen molar-refractivity contribution in [1.29, 1.82) is 0 Å². The molecule has 0 radical (unpaired) electrons. The average molecular weight is 278 g/mol. The van der Waals surface area contributed by atoms with Gasteiger partial charge in [0.1, 0.15) is 0 Å². The Morgan fingerprint density at radius 2 is 2.10 bits per heavy atom. The van der Waals surface area contributed by atoms with Crippen molar-refractivity contribution in [3.05, 3.63) is 56.8 Å². The maximum absolute atomic E-state index is 12.1. The van der Waals surface area contributed by atoms with Gasteiger partial charge in [-0.25, -0.2) is 9.59 Å². The number of aromatic nitrogens is 2. The van der Waals surface area contributed by atoms with Crippen molar-refractivity contribution in [2.24, 2.45) is 0 Å². The Morgan fingerprint density at radius 3 is 2.75 bits per heavy atom. The zero-order valence-corrected chi connectivity index (χ0v) is 10.9. The molecule has 0 aliphatic heterocycles. The molecule has 0 aliphatic rings. The minimum Gasteiger partial charge on any atom is -0.475 e. The molecule has 0 aromatic carbocycles. The average Bonchev–Trinajstić information content (AvgIpc) is 2.86. The fourth-order valence-corrected chi connectivity index (χ4v) is 1.93. The van der Waals surface area contributed by atoms with E-state index in [1.165, 1.54) is 29.2 Å². The number of furan rings is 1. The highest BCUT2D eigenvalue weighted by Crippen LogP contribution is 2.10. The Bertz CT molecular complexity index is 738. The van der Waals surface area contributed by atoms with Crippen LogP contribution in [0.1, 0.15) is 29.5 Å². The van der Waals surface area contributed by atoms with Crippen LogP contribution in [0.3, 0.4) is 0 Å². The molecule has 7 heteroatoms. The van der Waals surface area contributed by atoms with E-state index in [-0.39, 0.29) is 17.9 Å². The third kappa shape index (κ3) is 2.56. The van der Waals surface area contributed by atoms with Gasteiger partial charge in [0, 0.05) is 24.4 Å². The van der Waals surface area contributed by atoms with Crippen LogP contribution in [0.4, 0.5) is 0 Å². The maximum Gasteiger partial charge on any atom is 0.372 e. The Hall–Kier alpha value is -2.57. The third-order valence-corrected chi connectivity index (χ3v) is 2.87. The molecule has 0 saturated carbocycles. The Labute approximate surface area is 113 Å². The molecule has 2 aromatic heterocycles. The lowest BCUT2D eigenvalue weighted by molar-refractivity contribution is 0.0660. The summed E-state index contributed by atoms with van der Waals surface area (Å²) in [6.45, 7) is 2.29. The summed E-state index contributed by atoms with van der Waals surface area (Å²) in [5.74, 6) is -1.50. The lowest BCUT2D eigenvalue weighted by Crippen LogP contribution is -2.39. The molecule has 7 nitrogen and oxygen atoms in total. The quantitative estimate of drug-likeness (QED) is 0.871. The number of nitrogens with zero attached hydrogens (tertiary/aromatic N) is 2. The predicted octanol–water partition coefficient (Wildman–Crippen LogP) is 0.760. The van der Waals surface area contributed by atoms with Gasteiger partial charge in [-0.05, 0) is 12.5 Å². The summed E-state index contributed by atoms with van der Waals surface area (Å²) < 4.78 is 7.24. The van der Waals surface area contributed by atoms with Gasteiger partial charge in [-0.15, -0.1) is 0 Å². The molecule has 2 aromatic rings. The van der Waals surface area contributed by atoms with Crippen molar-refractivity contribution >= 4 is 5.97 Å². The van der Waals surface area contributed by atoms with Crippen LogP contribution in [0.15, 0.2) is 38.6 Å². The van der Waals surface area contributed by atoms with Crippen molar-refractivity contribution in [2.75, 3.05) is 0 Å². The lowest BCUT2D eigenvalue weighted by Gasteiger charge is -2.08. The number of carbonyl (C=O) groups is 1. The second kappa shape index (κ2) is 5.60. The van der Waals surface area contributed by atoms with Gasteiger partial charge in [0.25, 0.3) is 5.56 Å². The number of hydrogen-bond donors (Lipinski definition) is 1. The number of carboxylic acid groups (broad SMARTS) is 1. The Kier molecular flexibility index (Phi) is 3.88. The molecule has 106 valence electrons. The molecular weight excluding hydrogens is 264 g/mol. The van der Waals surface area contributed by atoms with E-state index >= 15 is 0 Å². The van der Waals surface area contributed by atoms with E-state index in [4.69, 9.17) is 9.52 Å². The van der Waals surface area contributed by atoms with Crippen molar-refractivity contribution in [3.63, 3.8) is 0 Å². The van der Waals surface area contributed by atoms with E-state index in [0.717, 1.165) is 11.0 Å². The summed E-state index contributed by atoms with van der Waals surface area (Å²) in [5.41, 5.74) is -0.650. The third-order valence-electron chi connectivity index (χ3n) is 2.87. The Balaban J connectivity index is 2.46. The van der Waals surface area contributed by atoms with Crippen LogP contribution in [0.25, 0.3) is 0 Å². The molecule has 2 rings (SSSR count). The van der Waals surface area contributed by atoms with Gasteiger partial charge >= 0.3 is 11.7 Å². The summed E-state index contributed by atoms with van der Waals surface area (Å²) in [7, 11) is 0. The smallest absolute Gasteiger partial charge is 0.372 e. The first-order chi connectivity index (χ1) is 9.54. The zero-order valence-electron chi connectivity index (χ0n) is 10.9. The molecule has 0 aliphatic carbocycles. The minimum atomic E-state index is -1.23. The van der Waals surface area contributed by atoms with Crippen LogP contribution in [0.5, 0.6) is 0 Å². The zero-order chi connectivity index (χ0) is 14.7. The highest BCUT2D eigenvalue weighted by atomic mass is 16.4. The molecule has 0 unspecified atom stereocenters. The molecule has 0 fully saturated rings. The molecule has 20 heavy (non-hydrogen) atoms. The molecular formula is C13H14N2O5. The van der Waals surface area contributed by atoms with Crippen molar-refractivity contribution < 1.29 is 14.3 Å². The topological polar surface area (TPSA) is 94.4 Å². The molecule has 0 saturated heterocycles. The van der Waals surface area contributed by atoms with Gasteiger partial charge in [-0.1, -0.05) is 6.92 Å². The first kappa shape index (κ1) is 13.9. The molecule has 2 heterocycles. The SMILES string of the molecule is CCCn1ccc(=O)n(Cc2ccoc2C(=O)O)c1=O. The summed E-state index contributed by atoms with van der Waals surface area (Å²) >= 11 is 0. The number of rotatable bonds is 5. The first-order valence-corrected chi connectivity index (χ1v) is 6.14. The summed E-state index contributed by atoms with van der Waals surface area (Å²) in [6, 6.07) is 2.73. The van der Waals surface area contributed by atoms with E-state index in [1.54, 1.807) is 0 Å². The van der Waals surface area contributed by atoms with Crippen LogP contribution in [0, 0.1) is 0 Å². The van der Waals surface area contributed by atoms with Crippen LogP contribution in [-0.2, 0) is 13.1 Å². The molecule has 0 bridgehead atoms. The highest BCUT2D eigenvalue weighted by Gasteiger charge is 2.16. The maximum atomic E-state index is 12.1. The fraction of sp³-hybridized carbons (Fsp3) is 0.308. The van der Waals surface area contributed by atoms with Gasteiger partial charge in [0.2, 0.25) is 5.76 Å². The van der Waals surface area contributed by atoms with Gasteiger partial charge in [0.15, 0.2) is 0 Å². The molecule has 0 amide bonds. The molecule has 1 N–H and O–H groups in total. The number of aryl methyl sites for hydroxylation is 1. The van der Waals surface area contributed by atoms with E-state index in [0.29, 0.717) is 6.54 Å². The first-order valence-electron chi connectivity index (χ1n) is 6.14. The minimum absolute atomic E-state index is 0.125. The van der Waals surface area contributed by atoms with Crippen LogP contribution < -0.4 is 11.2 Å². The van der Waals surface area contributed by atoms with E-state index < -0.39 is 17.2 Å².